The highest BCUT2D eigenvalue weighted by Crippen LogP contribution is 2.13. The van der Waals surface area contributed by atoms with Gasteiger partial charge in [0.05, 0.1) is 0 Å². The van der Waals surface area contributed by atoms with Crippen molar-refractivity contribution in [3.63, 3.8) is 0 Å². The summed E-state index contributed by atoms with van der Waals surface area (Å²) < 4.78 is 14.0. The van der Waals surface area contributed by atoms with Crippen LogP contribution in [0.15, 0.2) is 0 Å². The number of aliphatic hydroxyl groups excluding tert-OH is 2. The molecule has 33 heavy (non-hydrogen) atoms. The molecule has 1 atom stereocenters. The van der Waals surface area contributed by atoms with Crippen LogP contribution >= 0.6 is 0 Å². The Hall–Kier alpha value is -1.67. The quantitative estimate of drug-likeness (QED) is 0.128. The van der Waals surface area contributed by atoms with Gasteiger partial charge in [-0.1, -0.05) is 96.8 Å². The Morgan fingerprint density at radius 3 is 1.48 bits per heavy atom. The number of hydrogen-bond acceptors (Lipinski definition) is 8. The largest absolute Gasteiger partial charge is 0.463 e. The van der Waals surface area contributed by atoms with Gasteiger partial charge >= 0.3 is 17.9 Å². The molecule has 0 aromatic rings. The van der Waals surface area contributed by atoms with Gasteiger partial charge in [-0.3, -0.25) is 4.79 Å². The van der Waals surface area contributed by atoms with E-state index >= 15 is 0 Å². The summed E-state index contributed by atoms with van der Waals surface area (Å²) >= 11 is 0. The molecule has 8 nitrogen and oxygen atoms in total. The molecule has 0 aromatic heterocycles. The van der Waals surface area contributed by atoms with Crippen LogP contribution in [0, 0.1) is 0 Å². The van der Waals surface area contributed by atoms with Gasteiger partial charge in [-0.05, 0) is 6.42 Å². The molecule has 0 bridgehead atoms. The van der Waals surface area contributed by atoms with Gasteiger partial charge < -0.3 is 24.4 Å². The lowest BCUT2D eigenvalue weighted by molar-refractivity contribution is -0.163. The van der Waals surface area contributed by atoms with Crippen LogP contribution in [0.4, 0.5) is 0 Å². The maximum absolute atomic E-state index is 11.7. The van der Waals surface area contributed by atoms with Crippen molar-refractivity contribution < 1.29 is 38.8 Å². The van der Waals surface area contributed by atoms with Crippen LogP contribution in [0.1, 0.15) is 110 Å². The highest BCUT2D eigenvalue weighted by Gasteiger charge is 2.13. The van der Waals surface area contributed by atoms with E-state index in [9.17, 15) is 19.5 Å². The molecule has 2 N–H and O–H groups in total. The number of hydrogen-bond donors (Lipinski definition) is 2. The number of carbonyl (C=O) groups is 3. The van der Waals surface area contributed by atoms with Crippen LogP contribution < -0.4 is 0 Å². The van der Waals surface area contributed by atoms with E-state index in [0.717, 1.165) is 19.3 Å². The summed E-state index contributed by atoms with van der Waals surface area (Å²) in [6, 6.07) is 0. The molecule has 0 rings (SSSR count). The summed E-state index contributed by atoms with van der Waals surface area (Å²) in [5.41, 5.74) is 0. The molecule has 194 valence electrons. The summed E-state index contributed by atoms with van der Waals surface area (Å²) in [6.07, 6.45) is 18.1. The molecule has 0 aliphatic carbocycles. The van der Waals surface area contributed by atoms with Gasteiger partial charge in [-0.25, -0.2) is 9.59 Å². The lowest BCUT2D eigenvalue weighted by Gasteiger charge is -2.12. The lowest BCUT2D eigenvalue weighted by atomic mass is 10.0. The van der Waals surface area contributed by atoms with E-state index in [2.05, 4.69) is 16.4 Å². The molecule has 8 heteroatoms. The monoisotopic (exact) mass is 474 g/mol. The zero-order valence-corrected chi connectivity index (χ0v) is 20.6. The minimum Gasteiger partial charge on any atom is -0.463 e. The summed E-state index contributed by atoms with van der Waals surface area (Å²) in [5, 5.41) is 18.1. The zero-order valence-electron chi connectivity index (χ0n) is 20.6. The number of esters is 3. The highest BCUT2D eigenvalue weighted by atomic mass is 16.6. The van der Waals surface area contributed by atoms with E-state index in [1.807, 2.05) is 0 Å². The van der Waals surface area contributed by atoms with Crippen molar-refractivity contribution in [3.8, 4) is 0 Å². The van der Waals surface area contributed by atoms with Crippen LogP contribution in [0.3, 0.4) is 0 Å². The van der Waals surface area contributed by atoms with Crippen LogP contribution in [-0.4, -0.2) is 60.7 Å². The minimum absolute atomic E-state index is 0.263. The van der Waals surface area contributed by atoms with Crippen molar-refractivity contribution in [1.82, 2.24) is 0 Å². The third kappa shape index (κ3) is 23.3. The smallest absolute Gasteiger partial charge is 0.344 e. The summed E-state index contributed by atoms with van der Waals surface area (Å²) in [7, 11) is 0. The van der Waals surface area contributed by atoms with Gasteiger partial charge in [0.25, 0.3) is 0 Å². The molecule has 0 aromatic carbocycles. The van der Waals surface area contributed by atoms with Gasteiger partial charge in [-0.15, -0.1) is 0 Å². The number of rotatable bonds is 23. The Kier molecular flexibility index (Phi) is 22.3. The molecule has 0 amide bonds. The third-order valence-corrected chi connectivity index (χ3v) is 5.34. The molecule has 0 fully saturated rings. The fourth-order valence-corrected chi connectivity index (χ4v) is 3.37. The van der Waals surface area contributed by atoms with E-state index < -0.39 is 31.3 Å². The first kappa shape index (κ1) is 31.3. The van der Waals surface area contributed by atoms with E-state index in [4.69, 9.17) is 9.84 Å². The molecule has 0 saturated heterocycles. The Labute approximate surface area is 199 Å². The van der Waals surface area contributed by atoms with Gasteiger partial charge in [0.1, 0.15) is 25.9 Å². The van der Waals surface area contributed by atoms with Crippen molar-refractivity contribution in [2.75, 3.05) is 26.4 Å². The van der Waals surface area contributed by atoms with Gasteiger partial charge in [-0.2, -0.15) is 0 Å². The van der Waals surface area contributed by atoms with E-state index in [-0.39, 0.29) is 19.2 Å². The molecule has 0 aliphatic rings. The normalized spacial score (nSPS) is 11.7. The fourth-order valence-electron chi connectivity index (χ4n) is 3.37. The van der Waals surface area contributed by atoms with Crippen LogP contribution in [0.2, 0.25) is 0 Å². The highest BCUT2D eigenvalue weighted by molar-refractivity contribution is 5.76. The Bertz CT molecular complexity index is 495. The predicted molar refractivity (Wildman–Crippen MR) is 126 cm³/mol. The molecule has 0 aliphatic heterocycles. The first-order valence-corrected chi connectivity index (χ1v) is 12.7. The SMILES string of the molecule is CCCCCCCCCCCCCCCCCC(=O)OCC(O)COC(=O)COC(=O)CO. The number of carbonyl (C=O) groups excluding carboxylic acids is 3. The van der Waals surface area contributed by atoms with Gasteiger partial charge in [0, 0.05) is 6.42 Å². The lowest BCUT2D eigenvalue weighted by Crippen LogP contribution is -2.27. The maximum atomic E-state index is 11.7. The summed E-state index contributed by atoms with van der Waals surface area (Å²) in [5.74, 6) is -2.19. The van der Waals surface area contributed by atoms with Crippen LogP contribution in [0.5, 0.6) is 0 Å². The van der Waals surface area contributed by atoms with Gasteiger partial charge in [0.2, 0.25) is 0 Å². The second kappa shape index (κ2) is 23.5. The Balaban J connectivity index is 3.40. The number of unbranched alkanes of at least 4 members (excludes halogenated alkanes) is 14. The molecular formula is C25H46O8. The molecular weight excluding hydrogens is 428 g/mol. The Morgan fingerprint density at radius 1 is 0.606 bits per heavy atom. The van der Waals surface area contributed by atoms with E-state index in [1.165, 1.54) is 77.0 Å². The van der Waals surface area contributed by atoms with Crippen LogP contribution in [-0.2, 0) is 28.6 Å². The zero-order chi connectivity index (χ0) is 24.6. The third-order valence-electron chi connectivity index (χ3n) is 5.34. The summed E-state index contributed by atoms with van der Waals surface area (Å²) in [4.78, 5) is 33.7. The first-order chi connectivity index (χ1) is 16.0. The second-order valence-electron chi connectivity index (χ2n) is 8.54. The number of aliphatic hydroxyl groups is 2. The Morgan fingerprint density at radius 2 is 1.03 bits per heavy atom. The van der Waals surface area contributed by atoms with Crippen LogP contribution in [0.25, 0.3) is 0 Å². The standard InChI is InChI=1S/C25H46O8/c1-2-3-4-5-6-7-8-9-10-11-12-13-14-15-16-17-23(28)31-19-22(27)20-32-25(30)21-33-24(29)18-26/h22,26-27H,2-21H2,1H3. The van der Waals surface area contributed by atoms with E-state index in [0.29, 0.717) is 6.42 Å². The van der Waals surface area contributed by atoms with Gasteiger partial charge in [0.15, 0.2) is 6.61 Å². The van der Waals surface area contributed by atoms with Crippen molar-refractivity contribution in [2.45, 2.75) is 116 Å². The first-order valence-electron chi connectivity index (χ1n) is 12.7. The maximum Gasteiger partial charge on any atom is 0.344 e. The van der Waals surface area contributed by atoms with Crippen molar-refractivity contribution >= 4 is 17.9 Å². The average Bonchev–Trinajstić information content (AvgIpc) is 2.82. The molecule has 0 heterocycles. The van der Waals surface area contributed by atoms with Crippen molar-refractivity contribution in [1.29, 1.82) is 0 Å². The molecule has 0 spiro atoms. The molecule has 1 unspecified atom stereocenters. The number of ether oxygens (including phenoxy) is 3. The fraction of sp³-hybridized carbons (Fsp3) is 0.880. The minimum atomic E-state index is -1.15. The topological polar surface area (TPSA) is 119 Å². The van der Waals surface area contributed by atoms with E-state index in [1.54, 1.807) is 0 Å². The predicted octanol–water partition coefficient (Wildman–Crippen LogP) is 4.23. The van der Waals surface area contributed by atoms with Crippen molar-refractivity contribution in [2.24, 2.45) is 0 Å². The van der Waals surface area contributed by atoms with Crippen molar-refractivity contribution in [3.05, 3.63) is 0 Å². The average molecular weight is 475 g/mol. The molecule has 0 saturated carbocycles. The molecule has 0 radical (unpaired) electrons. The second-order valence-corrected chi connectivity index (χ2v) is 8.54. The summed E-state index contributed by atoms with van der Waals surface area (Å²) in [6.45, 7) is 0.139.